The molecule has 6 heteroatoms. The predicted octanol–water partition coefficient (Wildman–Crippen LogP) is 2.18. The highest BCUT2D eigenvalue weighted by Gasteiger charge is 2.15. The molecule has 1 aromatic rings. The molecule has 0 aliphatic carbocycles. The summed E-state index contributed by atoms with van der Waals surface area (Å²) in [6.45, 7) is 3.81. The molecule has 0 spiro atoms. The molecule has 112 valence electrons. The molecule has 2 N–H and O–H groups in total. The minimum absolute atomic E-state index is 0.179. The van der Waals surface area contributed by atoms with Crippen molar-refractivity contribution < 1.29 is 19.0 Å². The Morgan fingerprint density at radius 2 is 2.10 bits per heavy atom. The van der Waals surface area contributed by atoms with E-state index in [4.69, 9.17) is 31.5 Å². The minimum Gasteiger partial charge on any atom is -0.493 e. The zero-order valence-electron chi connectivity index (χ0n) is 11.9. The van der Waals surface area contributed by atoms with Crippen molar-refractivity contribution in [1.82, 2.24) is 0 Å². The molecule has 5 nitrogen and oxygen atoms in total. The molecule has 0 aliphatic rings. The Morgan fingerprint density at radius 1 is 1.40 bits per heavy atom. The van der Waals surface area contributed by atoms with Crippen molar-refractivity contribution >= 4 is 17.6 Å². The summed E-state index contributed by atoms with van der Waals surface area (Å²) in [6, 6.07) is 3.38. The number of halogens is 1. The number of methoxy groups -OCH3 is 1. The number of carbonyl (C=O) groups excluding carboxylic acids is 1. The van der Waals surface area contributed by atoms with Crippen LogP contribution in [0.25, 0.3) is 0 Å². The second kappa shape index (κ2) is 7.97. The largest absolute Gasteiger partial charge is 0.493 e. The molecule has 0 atom stereocenters. The van der Waals surface area contributed by atoms with Gasteiger partial charge in [-0.05, 0) is 32.9 Å². The molecule has 0 aromatic heterocycles. The van der Waals surface area contributed by atoms with E-state index in [2.05, 4.69) is 0 Å². The van der Waals surface area contributed by atoms with Crippen LogP contribution in [0.1, 0.15) is 19.4 Å². The lowest BCUT2D eigenvalue weighted by atomic mass is 10.1. The lowest BCUT2D eigenvalue weighted by Crippen LogP contribution is -2.19. The van der Waals surface area contributed by atoms with E-state index in [9.17, 15) is 4.79 Å². The molecule has 1 rings (SSSR count). The lowest BCUT2D eigenvalue weighted by Gasteiger charge is -2.15. The number of hydrogen-bond donors (Lipinski definition) is 1. The van der Waals surface area contributed by atoms with Gasteiger partial charge in [-0.2, -0.15) is 0 Å². The number of ether oxygens (including phenoxy) is 3. The highest BCUT2D eigenvalue weighted by molar-refractivity contribution is 6.30. The van der Waals surface area contributed by atoms with Crippen molar-refractivity contribution in [3.63, 3.8) is 0 Å². The molecule has 0 saturated heterocycles. The normalized spacial score (nSPS) is 10.5. The SMILES string of the molecule is COc1cc(Cl)cc(CCN)c1OCC(=O)OC(C)C. The minimum atomic E-state index is -0.435. The molecular formula is C14H20ClNO4. The first-order valence-electron chi connectivity index (χ1n) is 6.36. The summed E-state index contributed by atoms with van der Waals surface area (Å²) in [6.07, 6.45) is 0.396. The average molecular weight is 302 g/mol. The number of carbonyl (C=O) groups is 1. The molecule has 0 amide bonds. The van der Waals surface area contributed by atoms with Gasteiger partial charge in [-0.15, -0.1) is 0 Å². The quantitative estimate of drug-likeness (QED) is 0.782. The van der Waals surface area contributed by atoms with Gasteiger partial charge in [0.1, 0.15) is 0 Å². The van der Waals surface area contributed by atoms with Gasteiger partial charge in [-0.3, -0.25) is 0 Å². The second-order valence-corrected chi connectivity index (χ2v) is 4.90. The zero-order valence-corrected chi connectivity index (χ0v) is 12.7. The summed E-state index contributed by atoms with van der Waals surface area (Å²) in [5.41, 5.74) is 6.36. The lowest BCUT2D eigenvalue weighted by molar-refractivity contribution is -0.149. The van der Waals surface area contributed by atoms with E-state index in [1.165, 1.54) is 7.11 Å². The van der Waals surface area contributed by atoms with Crippen LogP contribution in [0.15, 0.2) is 12.1 Å². The summed E-state index contributed by atoms with van der Waals surface area (Å²) in [4.78, 5) is 11.5. The number of esters is 1. The summed E-state index contributed by atoms with van der Waals surface area (Å²) >= 11 is 6.00. The van der Waals surface area contributed by atoms with Crippen LogP contribution in [0.2, 0.25) is 5.02 Å². The Bertz CT molecular complexity index is 463. The molecule has 20 heavy (non-hydrogen) atoms. The number of nitrogens with two attached hydrogens (primary N) is 1. The highest BCUT2D eigenvalue weighted by atomic mass is 35.5. The molecular weight excluding hydrogens is 282 g/mol. The van der Waals surface area contributed by atoms with Gasteiger partial charge in [0.15, 0.2) is 18.1 Å². The second-order valence-electron chi connectivity index (χ2n) is 4.46. The third kappa shape index (κ3) is 4.90. The molecule has 0 unspecified atom stereocenters. The van der Waals surface area contributed by atoms with Gasteiger partial charge in [0.05, 0.1) is 13.2 Å². The van der Waals surface area contributed by atoms with Crippen LogP contribution in [0.3, 0.4) is 0 Å². The van der Waals surface area contributed by atoms with Crippen LogP contribution >= 0.6 is 11.6 Å². The van der Waals surface area contributed by atoms with Crippen LogP contribution in [0.5, 0.6) is 11.5 Å². The molecule has 0 fully saturated rings. The Kier molecular flexibility index (Phi) is 6.61. The Hall–Kier alpha value is -1.46. The zero-order chi connectivity index (χ0) is 15.1. The van der Waals surface area contributed by atoms with Crippen LogP contribution < -0.4 is 15.2 Å². The molecule has 0 aliphatic heterocycles. The van der Waals surface area contributed by atoms with E-state index < -0.39 is 5.97 Å². The summed E-state index contributed by atoms with van der Waals surface area (Å²) < 4.78 is 15.8. The molecule has 0 heterocycles. The monoisotopic (exact) mass is 301 g/mol. The van der Waals surface area contributed by atoms with Crippen LogP contribution in [0, 0.1) is 0 Å². The smallest absolute Gasteiger partial charge is 0.344 e. The highest BCUT2D eigenvalue weighted by Crippen LogP contribution is 2.35. The van der Waals surface area contributed by atoms with Crippen molar-refractivity contribution in [2.45, 2.75) is 26.4 Å². The maximum absolute atomic E-state index is 11.5. The average Bonchev–Trinajstić information content (AvgIpc) is 2.36. The maximum Gasteiger partial charge on any atom is 0.344 e. The van der Waals surface area contributed by atoms with E-state index in [1.54, 1.807) is 26.0 Å². The number of rotatable bonds is 7. The van der Waals surface area contributed by atoms with Crippen molar-refractivity contribution in [2.75, 3.05) is 20.3 Å². The van der Waals surface area contributed by atoms with Crippen molar-refractivity contribution in [3.05, 3.63) is 22.7 Å². The Morgan fingerprint density at radius 3 is 2.65 bits per heavy atom. The van der Waals surface area contributed by atoms with Crippen molar-refractivity contribution in [2.24, 2.45) is 5.73 Å². The number of benzene rings is 1. The van der Waals surface area contributed by atoms with Gasteiger partial charge in [0.25, 0.3) is 0 Å². The van der Waals surface area contributed by atoms with Gasteiger partial charge < -0.3 is 19.9 Å². The van der Waals surface area contributed by atoms with Gasteiger partial charge in [0.2, 0.25) is 0 Å². The van der Waals surface area contributed by atoms with Crippen molar-refractivity contribution in [3.8, 4) is 11.5 Å². The molecule has 0 saturated carbocycles. The van der Waals surface area contributed by atoms with E-state index in [0.29, 0.717) is 29.5 Å². The predicted molar refractivity (Wildman–Crippen MR) is 77.5 cm³/mol. The Labute approximate surface area is 123 Å². The third-order valence-corrected chi connectivity index (χ3v) is 2.65. The van der Waals surface area contributed by atoms with Crippen LogP contribution in [0.4, 0.5) is 0 Å². The number of hydrogen-bond acceptors (Lipinski definition) is 5. The van der Waals surface area contributed by atoms with Crippen molar-refractivity contribution in [1.29, 1.82) is 0 Å². The fraction of sp³-hybridized carbons (Fsp3) is 0.500. The first-order chi connectivity index (χ1) is 9.47. The summed E-state index contributed by atoms with van der Waals surface area (Å²) in [5, 5.41) is 0.530. The fourth-order valence-electron chi connectivity index (χ4n) is 1.71. The fourth-order valence-corrected chi connectivity index (χ4v) is 1.94. The van der Waals surface area contributed by atoms with Gasteiger partial charge in [-0.25, -0.2) is 4.79 Å². The standard InChI is InChI=1S/C14H20ClNO4/c1-9(2)20-13(17)8-19-14-10(4-5-16)6-11(15)7-12(14)18-3/h6-7,9H,4-5,8,16H2,1-3H3. The van der Waals surface area contributed by atoms with E-state index in [0.717, 1.165) is 5.56 Å². The van der Waals surface area contributed by atoms with Crippen LogP contribution in [-0.4, -0.2) is 32.3 Å². The topological polar surface area (TPSA) is 70.8 Å². The van der Waals surface area contributed by atoms with E-state index in [1.807, 2.05) is 0 Å². The summed E-state index contributed by atoms with van der Waals surface area (Å²) in [7, 11) is 1.51. The van der Waals surface area contributed by atoms with Gasteiger partial charge in [0, 0.05) is 16.7 Å². The Balaban J connectivity index is 2.88. The van der Waals surface area contributed by atoms with Gasteiger partial charge in [-0.1, -0.05) is 11.6 Å². The maximum atomic E-state index is 11.5. The van der Waals surface area contributed by atoms with E-state index >= 15 is 0 Å². The van der Waals surface area contributed by atoms with E-state index in [-0.39, 0.29) is 12.7 Å². The third-order valence-electron chi connectivity index (χ3n) is 2.43. The molecule has 1 aromatic carbocycles. The van der Waals surface area contributed by atoms with Gasteiger partial charge >= 0.3 is 5.97 Å². The first-order valence-corrected chi connectivity index (χ1v) is 6.74. The summed E-state index contributed by atoms with van der Waals surface area (Å²) in [5.74, 6) is 0.511. The molecule has 0 bridgehead atoms. The molecule has 0 radical (unpaired) electrons. The van der Waals surface area contributed by atoms with Crippen LogP contribution in [-0.2, 0) is 16.0 Å². The first kappa shape index (κ1) is 16.6.